The number of pyridine rings is 1. The van der Waals surface area contributed by atoms with Crippen molar-refractivity contribution in [2.45, 2.75) is 6.18 Å². The van der Waals surface area contributed by atoms with Gasteiger partial charge in [0.15, 0.2) is 5.84 Å². The van der Waals surface area contributed by atoms with Gasteiger partial charge in [-0.3, -0.25) is 4.98 Å². The number of hydrazone groups is 1. The Kier molecular flexibility index (Phi) is 2.59. The van der Waals surface area contributed by atoms with Crippen molar-refractivity contribution in [3.05, 3.63) is 29.6 Å². The highest BCUT2D eigenvalue weighted by molar-refractivity contribution is 5.95. The van der Waals surface area contributed by atoms with Crippen LogP contribution in [-0.4, -0.2) is 10.8 Å². The van der Waals surface area contributed by atoms with Gasteiger partial charge in [-0.2, -0.15) is 18.3 Å². The van der Waals surface area contributed by atoms with Crippen molar-refractivity contribution < 1.29 is 13.2 Å². The Balaban J connectivity index is 3.01. The van der Waals surface area contributed by atoms with Gasteiger partial charge in [0.2, 0.25) is 0 Å². The SMILES string of the molecule is N/N=C(/N)c1ccc(C(F)(F)F)cn1. The lowest BCUT2D eigenvalue weighted by molar-refractivity contribution is -0.137. The Hall–Kier alpha value is -1.79. The molecule has 0 aliphatic heterocycles. The van der Waals surface area contributed by atoms with E-state index < -0.39 is 11.7 Å². The molecule has 0 amide bonds. The van der Waals surface area contributed by atoms with Gasteiger partial charge < -0.3 is 11.6 Å². The molecule has 76 valence electrons. The van der Waals surface area contributed by atoms with Crippen LogP contribution in [0.25, 0.3) is 0 Å². The lowest BCUT2D eigenvalue weighted by Gasteiger charge is -2.05. The van der Waals surface area contributed by atoms with Gasteiger partial charge in [0.05, 0.1) is 5.56 Å². The number of nitrogens with two attached hydrogens (primary N) is 2. The van der Waals surface area contributed by atoms with Crippen LogP contribution in [0.4, 0.5) is 13.2 Å². The first-order valence-corrected chi connectivity index (χ1v) is 3.52. The molecular formula is C7H7F3N4. The van der Waals surface area contributed by atoms with Crippen LogP contribution < -0.4 is 11.6 Å². The van der Waals surface area contributed by atoms with Crippen LogP contribution in [-0.2, 0) is 6.18 Å². The van der Waals surface area contributed by atoms with Crippen molar-refractivity contribution in [1.29, 1.82) is 0 Å². The van der Waals surface area contributed by atoms with Crippen molar-refractivity contribution in [2.75, 3.05) is 0 Å². The summed E-state index contributed by atoms with van der Waals surface area (Å²) in [6, 6.07) is 1.97. The molecule has 1 rings (SSSR count). The van der Waals surface area contributed by atoms with Gasteiger partial charge >= 0.3 is 6.18 Å². The third kappa shape index (κ3) is 2.12. The molecule has 4 nitrogen and oxygen atoms in total. The van der Waals surface area contributed by atoms with E-state index in [9.17, 15) is 13.2 Å². The molecule has 0 atom stereocenters. The first kappa shape index (κ1) is 10.3. The minimum atomic E-state index is -4.40. The van der Waals surface area contributed by atoms with Crippen LogP contribution >= 0.6 is 0 Å². The summed E-state index contributed by atoms with van der Waals surface area (Å²) in [6.45, 7) is 0. The number of hydrogen-bond donors (Lipinski definition) is 2. The maximum atomic E-state index is 12.1. The van der Waals surface area contributed by atoms with Gasteiger partial charge in [-0.1, -0.05) is 0 Å². The van der Waals surface area contributed by atoms with Gasteiger partial charge in [0.25, 0.3) is 0 Å². The fourth-order valence-corrected chi connectivity index (χ4v) is 0.779. The van der Waals surface area contributed by atoms with Crippen LogP contribution in [0.3, 0.4) is 0 Å². The van der Waals surface area contributed by atoms with Crippen LogP contribution in [0, 0.1) is 0 Å². The molecule has 0 saturated heterocycles. The van der Waals surface area contributed by atoms with Crippen LogP contribution in [0.5, 0.6) is 0 Å². The molecule has 1 aromatic rings. The van der Waals surface area contributed by atoms with Gasteiger partial charge in [-0.25, -0.2) is 0 Å². The molecule has 7 heteroatoms. The third-order valence-electron chi connectivity index (χ3n) is 1.49. The maximum Gasteiger partial charge on any atom is 0.417 e. The third-order valence-corrected chi connectivity index (χ3v) is 1.49. The van der Waals surface area contributed by atoms with Gasteiger partial charge in [-0.05, 0) is 12.1 Å². The Labute approximate surface area is 77.4 Å². The van der Waals surface area contributed by atoms with E-state index in [0.29, 0.717) is 6.20 Å². The molecule has 0 bridgehead atoms. The van der Waals surface area contributed by atoms with Crippen LogP contribution in [0.2, 0.25) is 0 Å². The molecule has 0 aliphatic rings. The summed E-state index contributed by atoms with van der Waals surface area (Å²) in [7, 11) is 0. The van der Waals surface area contributed by atoms with Crippen molar-refractivity contribution in [1.82, 2.24) is 4.98 Å². The average Bonchev–Trinajstić information content (AvgIpc) is 2.15. The largest absolute Gasteiger partial charge is 0.417 e. The van der Waals surface area contributed by atoms with E-state index in [2.05, 4.69) is 10.1 Å². The topological polar surface area (TPSA) is 77.3 Å². The minimum absolute atomic E-state index is 0.112. The monoisotopic (exact) mass is 204 g/mol. The summed E-state index contributed by atoms with van der Waals surface area (Å²) < 4.78 is 36.2. The summed E-state index contributed by atoms with van der Waals surface area (Å²) in [5, 5.41) is 3.10. The van der Waals surface area contributed by atoms with E-state index in [4.69, 9.17) is 11.6 Å². The Morgan fingerprint density at radius 1 is 1.36 bits per heavy atom. The molecule has 0 radical (unpaired) electrons. The quantitative estimate of drug-likeness (QED) is 0.305. The zero-order valence-corrected chi connectivity index (χ0v) is 6.92. The summed E-state index contributed by atoms with van der Waals surface area (Å²) in [5.74, 6) is 4.72. The highest BCUT2D eigenvalue weighted by Gasteiger charge is 2.30. The fraction of sp³-hybridized carbons (Fsp3) is 0.143. The zero-order valence-electron chi connectivity index (χ0n) is 6.92. The van der Waals surface area contributed by atoms with E-state index in [0.717, 1.165) is 12.1 Å². The van der Waals surface area contributed by atoms with Gasteiger partial charge in [0.1, 0.15) is 5.69 Å². The number of rotatable bonds is 1. The first-order chi connectivity index (χ1) is 6.45. The molecule has 0 spiro atoms. The standard InChI is InChI=1S/C7H7F3N4/c8-7(9,10)4-1-2-5(13-3-4)6(11)14-12/h1-3H,12H2,(H2,11,14). The first-order valence-electron chi connectivity index (χ1n) is 3.52. The molecule has 14 heavy (non-hydrogen) atoms. The van der Waals surface area contributed by atoms with Crippen LogP contribution in [0.15, 0.2) is 23.4 Å². The van der Waals surface area contributed by atoms with Gasteiger partial charge in [-0.15, -0.1) is 0 Å². The van der Waals surface area contributed by atoms with Crippen molar-refractivity contribution in [3.63, 3.8) is 0 Å². The highest BCUT2D eigenvalue weighted by atomic mass is 19.4. The molecule has 0 aromatic carbocycles. The van der Waals surface area contributed by atoms with Gasteiger partial charge in [0, 0.05) is 6.20 Å². The second kappa shape index (κ2) is 3.52. The fourth-order valence-electron chi connectivity index (χ4n) is 0.779. The molecule has 4 N–H and O–H groups in total. The molecular weight excluding hydrogens is 197 g/mol. The summed E-state index contributed by atoms with van der Waals surface area (Å²) >= 11 is 0. The number of nitrogens with zero attached hydrogens (tertiary/aromatic N) is 2. The number of halogens is 3. The van der Waals surface area contributed by atoms with E-state index in [-0.39, 0.29) is 11.5 Å². The van der Waals surface area contributed by atoms with E-state index in [1.54, 1.807) is 0 Å². The smallest absolute Gasteiger partial charge is 0.380 e. The predicted molar refractivity (Wildman–Crippen MR) is 44.2 cm³/mol. The number of hydrogen-bond acceptors (Lipinski definition) is 3. The Bertz CT molecular complexity index is 341. The summed E-state index contributed by atoms with van der Waals surface area (Å²) in [4.78, 5) is 3.46. The Morgan fingerprint density at radius 2 is 2.00 bits per heavy atom. The number of aromatic nitrogens is 1. The molecule has 1 heterocycles. The number of amidine groups is 1. The Morgan fingerprint density at radius 3 is 2.36 bits per heavy atom. The van der Waals surface area contributed by atoms with E-state index in [1.165, 1.54) is 0 Å². The molecule has 0 aliphatic carbocycles. The zero-order chi connectivity index (χ0) is 10.8. The number of alkyl halides is 3. The molecule has 0 unspecified atom stereocenters. The summed E-state index contributed by atoms with van der Waals surface area (Å²) in [6.07, 6.45) is -3.73. The average molecular weight is 204 g/mol. The minimum Gasteiger partial charge on any atom is -0.380 e. The van der Waals surface area contributed by atoms with Crippen LogP contribution in [0.1, 0.15) is 11.3 Å². The maximum absolute atomic E-state index is 12.1. The lowest BCUT2D eigenvalue weighted by atomic mass is 10.2. The van der Waals surface area contributed by atoms with Crippen molar-refractivity contribution >= 4 is 5.84 Å². The van der Waals surface area contributed by atoms with Crippen molar-refractivity contribution in [2.24, 2.45) is 16.7 Å². The summed E-state index contributed by atoms with van der Waals surface area (Å²) in [5.41, 5.74) is 4.50. The normalized spacial score (nSPS) is 12.9. The second-order valence-electron chi connectivity index (χ2n) is 2.44. The molecule has 1 aromatic heterocycles. The van der Waals surface area contributed by atoms with E-state index in [1.807, 2.05) is 0 Å². The van der Waals surface area contributed by atoms with Crippen molar-refractivity contribution in [3.8, 4) is 0 Å². The van der Waals surface area contributed by atoms with E-state index >= 15 is 0 Å². The second-order valence-corrected chi connectivity index (χ2v) is 2.44. The lowest BCUT2D eigenvalue weighted by Crippen LogP contribution is -2.17. The molecule has 0 fully saturated rings. The molecule has 0 saturated carbocycles. The highest BCUT2D eigenvalue weighted by Crippen LogP contribution is 2.28. The predicted octanol–water partition coefficient (Wildman–Crippen LogP) is 0.679.